The Kier molecular flexibility index (Phi) is 3.12. The van der Waals surface area contributed by atoms with Crippen LogP contribution in [0.2, 0.25) is 0 Å². The normalized spacial score (nSPS) is 11.2. The lowest BCUT2D eigenvalue weighted by atomic mass is 10.2. The zero-order chi connectivity index (χ0) is 9.90. The molecule has 0 saturated carbocycles. The van der Waals surface area contributed by atoms with Crippen LogP contribution >= 0.6 is 10.7 Å². The fourth-order valence-electron chi connectivity index (χ4n) is 0.991. The van der Waals surface area contributed by atoms with Crippen LogP contribution in [-0.2, 0) is 15.5 Å². The van der Waals surface area contributed by atoms with Crippen LogP contribution in [0, 0.1) is 0 Å². The average Bonchev–Trinajstić information content (AvgIpc) is 2.04. The highest BCUT2D eigenvalue weighted by Gasteiger charge is 2.08. The smallest absolute Gasteiger partial charge is 0.207 e. The van der Waals surface area contributed by atoms with Gasteiger partial charge in [-0.05, 0) is 24.1 Å². The number of benzene rings is 1. The summed E-state index contributed by atoms with van der Waals surface area (Å²) in [7, 11) is 1.57. The van der Waals surface area contributed by atoms with Crippen LogP contribution < -0.4 is 0 Å². The van der Waals surface area contributed by atoms with E-state index in [0.717, 1.165) is 5.56 Å². The van der Waals surface area contributed by atoms with Crippen molar-refractivity contribution >= 4 is 19.7 Å². The van der Waals surface area contributed by atoms with Crippen molar-refractivity contribution < 1.29 is 8.42 Å². The quantitative estimate of drug-likeness (QED) is 0.574. The Labute approximate surface area is 82.3 Å². The van der Waals surface area contributed by atoms with Crippen LogP contribution in [0.25, 0.3) is 0 Å². The van der Waals surface area contributed by atoms with Gasteiger partial charge in [0.15, 0.2) is 0 Å². The molecule has 70 valence electrons. The van der Waals surface area contributed by atoms with E-state index in [9.17, 15) is 8.42 Å². The molecule has 13 heavy (non-hydrogen) atoms. The van der Waals surface area contributed by atoms with E-state index in [0.29, 0.717) is 6.42 Å². The lowest BCUT2D eigenvalue weighted by molar-refractivity contribution is 0.609. The zero-order valence-electron chi connectivity index (χ0n) is 6.90. The molecule has 1 aromatic rings. The second-order valence-corrected chi connectivity index (χ2v) is 5.14. The maximum absolute atomic E-state index is 10.9. The molecule has 0 heterocycles. The maximum atomic E-state index is 10.9. The minimum Gasteiger partial charge on any atom is -0.207 e. The summed E-state index contributed by atoms with van der Waals surface area (Å²) < 4.78 is 21.9. The van der Waals surface area contributed by atoms with E-state index in [1.165, 1.54) is 6.07 Å². The van der Waals surface area contributed by atoms with E-state index in [1.807, 2.05) is 6.07 Å². The molecule has 0 aromatic heterocycles. The Morgan fingerprint density at radius 2 is 2.15 bits per heavy atom. The Morgan fingerprint density at radius 1 is 1.46 bits per heavy atom. The molecule has 0 saturated heterocycles. The summed E-state index contributed by atoms with van der Waals surface area (Å²) in [6, 6.07) is 6.50. The first kappa shape index (κ1) is 10.3. The van der Waals surface area contributed by atoms with Gasteiger partial charge >= 0.3 is 0 Å². The highest BCUT2D eigenvalue weighted by atomic mass is 35.7. The van der Waals surface area contributed by atoms with E-state index >= 15 is 0 Å². The van der Waals surface area contributed by atoms with E-state index in [2.05, 4.69) is 6.58 Å². The van der Waals surface area contributed by atoms with Crippen LogP contribution in [-0.4, -0.2) is 8.42 Å². The molecule has 4 heteroatoms. The fourth-order valence-corrected chi connectivity index (χ4v) is 1.81. The number of hydrogen-bond acceptors (Lipinski definition) is 2. The van der Waals surface area contributed by atoms with E-state index in [1.54, 1.807) is 18.2 Å². The summed E-state index contributed by atoms with van der Waals surface area (Å²) in [5, 5.41) is 0. The van der Waals surface area contributed by atoms with Crippen LogP contribution in [0.5, 0.6) is 0 Å². The van der Waals surface area contributed by atoms with Gasteiger partial charge in [-0.1, -0.05) is 18.2 Å². The highest BCUT2D eigenvalue weighted by Crippen LogP contribution is 2.16. The Bertz CT molecular complexity index is 409. The maximum Gasteiger partial charge on any atom is 0.261 e. The molecule has 0 amide bonds. The predicted molar refractivity (Wildman–Crippen MR) is 53.4 cm³/mol. The molecule has 0 aliphatic rings. The lowest BCUT2D eigenvalue weighted by Crippen LogP contribution is -1.91. The minimum absolute atomic E-state index is 0.133. The van der Waals surface area contributed by atoms with Gasteiger partial charge < -0.3 is 0 Å². The molecule has 0 N–H and O–H groups in total. The van der Waals surface area contributed by atoms with Crippen LogP contribution in [0.3, 0.4) is 0 Å². The van der Waals surface area contributed by atoms with Gasteiger partial charge in [-0.2, -0.15) is 0 Å². The Morgan fingerprint density at radius 3 is 2.69 bits per heavy atom. The summed E-state index contributed by atoms with van der Waals surface area (Å²) >= 11 is 0. The second kappa shape index (κ2) is 3.94. The molecule has 2 nitrogen and oxygen atoms in total. The number of halogens is 1. The molecule has 0 aliphatic heterocycles. The van der Waals surface area contributed by atoms with Crippen molar-refractivity contribution in [2.75, 3.05) is 0 Å². The van der Waals surface area contributed by atoms with Gasteiger partial charge in [-0.3, -0.25) is 0 Å². The Balaban J connectivity index is 3.13. The average molecular weight is 217 g/mol. The third-order valence-corrected chi connectivity index (χ3v) is 2.91. The third-order valence-electron chi connectivity index (χ3n) is 1.56. The number of hydrogen-bond donors (Lipinski definition) is 0. The van der Waals surface area contributed by atoms with Crippen molar-refractivity contribution in [1.82, 2.24) is 0 Å². The molecule has 0 bridgehead atoms. The first-order valence-electron chi connectivity index (χ1n) is 3.68. The molecule has 1 aromatic carbocycles. The van der Waals surface area contributed by atoms with Gasteiger partial charge in [-0.15, -0.1) is 6.58 Å². The molecular weight excluding hydrogens is 208 g/mol. The van der Waals surface area contributed by atoms with Crippen molar-refractivity contribution in [1.29, 1.82) is 0 Å². The molecule has 1 rings (SSSR count). The molecule has 0 atom stereocenters. The SMILES string of the molecule is C=CCc1cccc(S(=O)(=O)Cl)c1. The van der Waals surface area contributed by atoms with Crippen molar-refractivity contribution in [3.63, 3.8) is 0 Å². The molecule has 0 radical (unpaired) electrons. The summed E-state index contributed by atoms with van der Waals surface area (Å²) in [6.07, 6.45) is 2.35. The summed E-state index contributed by atoms with van der Waals surface area (Å²) in [5.74, 6) is 0. The van der Waals surface area contributed by atoms with Crippen molar-refractivity contribution in [2.45, 2.75) is 11.3 Å². The van der Waals surface area contributed by atoms with Crippen LogP contribution in [0.1, 0.15) is 5.56 Å². The van der Waals surface area contributed by atoms with Crippen molar-refractivity contribution in [3.8, 4) is 0 Å². The molecule has 0 unspecified atom stereocenters. The van der Waals surface area contributed by atoms with Gasteiger partial charge in [0.05, 0.1) is 4.90 Å². The third kappa shape index (κ3) is 2.86. The number of allylic oxidation sites excluding steroid dienone is 1. The second-order valence-electron chi connectivity index (χ2n) is 2.58. The van der Waals surface area contributed by atoms with Gasteiger partial charge in [0.25, 0.3) is 9.05 Å². The first-order valence-corrected chi connectivity index (χ1v) is 5.99. The van der Waals surface area contributed by atoms with Gasteiger partial charge in [-0.25, -0.2) is 8.42 Å². The fraction of sp³-hybridized carbons (Fsp3) is 0.111. The monoisotopic (exact) mass is 216 g/mol. The molecule has 0 fully saturated rings. The first-order chi connectivity index (χ1) is 6.04. The van der Waals surface area contributed by atoms with Gasteiger partial charge in [0.2, 0.25) is 0 Å². The lowest BCUT2D eigenvalue weighted by Gasteiger charge is -1.99. The van der Waals surface area contributed by atoms with Gasteiger partial charge in [0, 0.05) is 10.7 Å². The molecule has 0 aliphatic carbocycles. The molecular formula is C9H9ClO2S. The van der Waals surface area contributed by atoms with E-state index in [-0.39, 0.29) is 4.90 Å². The largest absolute Gasteiger partial charge is 0.261 e. The standard InChI is InChI=1S/C9H9ClO2S/c1-2-4-8-5-3-6-9(7-8)13(10,11)12/h2-3,5-7H,1,4H2. The summed E-state index contributed by atoms with van der Waals surface area (Å²) in [6.45, 7) is 3.57. The van der Waals surface area contributed by atoms with Crippen molar-refractivity contribution in [3.05, 3.63) is 42.5 Å². The molecule has 0 spiro atoms. The van der Waals surface area contributed by atoms with Crippen LogP contribution in [0.15, 0.2) is 41.8 Å². The minimum atomic E-state index is -3.61. The van der Waals surface area contributed by atoms with Crippen LogP contribution in [0.4, 0.5) is 0 Å². The van der Waals surface area contributed by atoms with E-state index in [4.69, 9.17) is 10.7 Å². The van der Waals surface area contributed by atoms with Gasteiger partial charge in [0.1, 0.15) is 0 Å². The van der Waals surface area contributed by atoms with Crippen molar-refractivity contribution in [2.24, 2.45) is 0 Å². The topological polar surface area (TPSA) is 34.1 Å². The zero-order valence-corrected chi connectivity index (χ0v) is 8.48. The number of rotatable bonds is 3. The Hall–Kier alpha value is -0.800. The van der Waals surface area contributed by atoms with E-state index < -0.39 is 9.05 Å². The predicted octanol–water partition coefficient (Wildman–Crippen LogP) is 2.34. The summed E-state index contributed by atoms with van der Waals surface area (Å²) in [5.41, 5.74) is 0.886. The highest BCUT2D eigenvalue weighted by molar-refractivity contribution is 8.13. The summed E-state index contributed by atoms with van der Waals surface area (Å²) in [4.78, 5) is 0.133.